The van der Waals surface area contributed by atoms with Gasteiger partial charge in [-0.25, -0.2) is 4.79 Å². The van der Waals surface area contributed by atoms with E-state index in [9.17, 15) is 18.3 Å². The smallest absolute Gasteiger partial charge is 0.407 e. The fraction of sp³-hybridized carbons (Fsp3) is 0.600. The van der Waals surface area contributed by atoms with Crippen LogP contribution in [0.15, 0.2) is 27.6 Å². The lowest BCUT2D eigenvalue weighted by molar-refractivity contribution is 0.0987. The van der Waals surface area contributed by atoms with Gasteiger partial charge in [0.2, 0.25) is 0 Å². The van der Waals surface area contributed by atoms with Crippen molar-refractivity contribution in [1.29, 1.82) is 0 Å². The highest BCUT2D eigenvalue weighted by molar-refractivity contribution is 7.87. The molecule has 1 aliphatic heterocycles. The fourth-order valence-electron chi connectivity index (χ4n) is 5.43. The minimum absolute atomic E-state index is 0.0174. The predicted molar refractivity (Wildman–Crippen MR) is 130 cm³/mol. The van der Waals surface area contributed by atoms with Crippen molar-refractivity contribution in [3.8, 4) is 5.75 Å². The second-order valence-electron chi connectivity index (χ2n) is 9.73. The van der Waals surface area contributed by atoms with Gasteiger partial charge < -0.3 is 18.7 Å². The zero-order chi connectivity index (χ0) is 25.2. The highest BCUT2D eigenvalue weighted by Gasteiger charge is 2.30. The topological polar surface area (TPSA) is 113 Å². The molecule has 2 aromatic rings. The highest BCUT2D eigenvalue weighted by Crippen LogP contribution is 2.31. The molecule has 2 aliphatic rings. The summed E-state index contributed by atoms with van der Waals surface area (Å²) in [7, 11) is -4.04. The second kappa shape index (κ2) is 10.6. The Balaban J connectivity index is 1.45. The highest BCUT2D eigenvalue weighted by atomic mass is 32.2. The van der Waals surface area contributed by atoms with E-state index < -0.39 is 16.2 Å². The third kappa shape index (κ3) is 5.81. The van der Waals surface area contributed by atoms with Crippen molar-refractivity contribution in [2.75, 3.05) is 26.2 Å². The Hall–Kier alpha value is -2.59. The molecule has 0 saturated carbocycles. The Kier molecular flexibility index (Phi) is 7.70. The summed E-state index contributed by atoms with van der Waals surface area (Å²) in [4.78, 5) is 15.3. The van der Waals surface area contributed by atoms with Gasteiger partial charge in [-0.1, -0.05) is 18.1 Å². The van der Waals surface area contributed by atoms with Gasteiger partial charge in [0.1, 0.15) is 11.4 Å². The van der Waals surface area contributed by atoms with Crippen LogP contribution in [0.25, 0.3) is 0 Å². The number of likely N-dealkylation sites (tertiary alicyclic amines) is 1. The van der Waals surface area contributed by atoms with Crippen LogP contribution in [-0.2, 0) is 23.0 Å². The number of hydrogen-bond donors (Lipinski definition) is 1. The molecule has 1 aromatic carbocycles. The van der Waals surface area contributed by atoms with Crippen molar-refractivity contribution >= 4 is 16.2 Å². The van der Waals surface area contributed by atoms with Gasteiger partial charge >= 0.3 is 16.2 Å². The average Bonchev–Trinajstić information content (AvgIpc) is 3.17. The van der Waals surface area contributed by atoms with Crippen LogP contribution in [0.4, 0.5) is 4.79 Å². The van der Waals surface area contributed by atoms with E-state index in [4.69, 9.17) is 8.71 Å². The van der Waals surface area contributed by atoms with Gasteiger partial charge in [0.25, 0.3) is 0 Å². The van der Waals surface area contributed by atoms with E-state index in [0.29, 0.717) is 30.8 Å². The molecule has 1 atom stereocenters. The molecule has 192 valence electrons. The van der Waals surface area contributed by atoms with Crippen LogP contribution in [0.5, 0.6) is 5.75 Å². The summed E-state index contributed by atoms with van der Waals surface area (Å²) in [5, 5.41) is 13.0. The molecule has 0 radical (unpaired) electrons. The number of carboxylic acid groups (broad SMARTS) is 1. The maximum absolute atomic E-state index is 12.8. The minimum Gasteiger partial charge on any atom is -0.465 e. The molecule has 1 aromatic heterocycles. The lowest BCUT2D eigenvalue weighted by atomic mass is 9.86. The molecular formula is C25H35N3O6S. The number of nitrogens with zero attached hydrogens (tertiary/aromatic N) is 3. The van der Waals surface area contributed by atoms with Gasteiger partial charge in [0, 0.05) is 25.7 Å². The molecule has 9 nitrogen and oxygen atoms in total. The van der Waals surface area contributed by atoms with Crippen LogP contribution in [0, 0.1) is 19.8 Å². The van der Waals surface area contributed by atoms with Crippen LogP contribution in [-0.4, -0.2) is 66.8 Å². The van der Waals surface area contributed by atoms with E-state index in [0.717, 1.165) is 57.2 Å². The lowest BCUT2D eigenvalue weighted by Gasteiger charge is -2.39. The Morgan fingerprint density at radius 3 is 2.60 bits per heavy atom. The molecule has 1 saturated heterocycles. The van der Waals surface area contributed by atoms with Crippen molar-refractivity contribution in [2.24, 2.45) is 5.92 Å². The fourth-order valence-corrected chi connectivity index (χ4v) is 6.65. The molecular weight excluding hydrogens is 470 g/mol. The second-order valence-corrected chi connectivity index (χ2v) is 11.2. The van der Waals surface area contributed by atoms with Gasteiger partial charge in [0.15, 0.2) is 10.7 Å². The Labute approximate surface area is 207 Å². The third-order valence-electron chi connectivity index (χ3n) is 7.21. The van der Waals surface area contributed by atoms with Crippen LogP contribution in [0.1, 0.15) is 55.2 Å². The van der Waals surface area contributed by atoms with Gasteiger partial charge in [-0.05, 0) is 88.1 Å². The Bertz CT molecular complexity index is 1130. The summed E-state index contributed by atoms with van der Waals surface area (Å²) in [6.07, 6.45) is 4.85. The number of hydrogen-bond acceptors (Lipinski definition) is 7. The van der Waals surface area contributed by atoms with Gasteiger partial charge in [-0.15, -0.1) is 0 Å². The first kappa shape index (κ1) is 25.5. The molecule has 1 fully saturated rings. The van der Waals surface area contributed by atoms with Crippen LogP contribution < -0.4 is 4.18 Å². The Morgan fingerprint density at radius 1 is 1.23 bits per heavy atom. The first-order valence-corrected chi connectivity index (χ1v) is 13.8. The number of rotatable bonds is 8. The summed E-state index contributed by atoms with van der Waals surface area (Å²) in [5.41, 5.74) is 2.63. The van der Waals surface area contributed by atoms with Gasteiger partial charge in [0.05, 0.1) is 0 Å². The minimum atomic E-state index is -4.04. The zero-order valence-electron chi connectivity index (χ0n) is 20.7. The summed E-state index contributed by atoms with van der Waals surface area (Å²) in [6.45, 7) is 8.50. The molecule has 1 unspecified atom stereocenters. The molecule has 0 spiro atoms. The molecule has 1 aliphatic carbocycles. The number of aromatic nitrogens is 1. The summed E-state index contributed by atoms with van der Waals surface area (Å²) in [5.74, 6) is 1.01. The van der Waals surface area contributed by atoms with E-state index in [1.165, 1.54) is 10.5 Å². The summed E-state index contributed by atoms with van der Waals surface area (Å²) in [6, 6.07) is 5.91. The van der Waals surface area contributed by atoms with E-state index >= 15 is 0 Å². The number of carbonyl (C=O) groups is 1. The van der Waals surface area contributed by atoms with E-state index in [-0.39, 0.29) is 16.3 Å². The molecule has 35 heavy (non-hydrogen) atoms. The van der Waals surface area contributed by atoms with Crippen LogP contribution in [0.3, 0.4) is 0 Å². The lowest BCUT2D eigenvalue weighted by Crippen LogP contribution is -2.45. The van der Waals surface area contributed by atoms with Crippen LogP contribution >= 0.6 is 0 Å². The van der Waals surface area contributed by atoms with E-state index in [1.807, 2.05) is 12.1 Å². The van der Waals surface area contributed by atoms with Crippen molar-refractivity contribution < 1.29 is 27.0 Å². The largest absolute Gasteiger partial charge is 0.465 e. The first-order chi connectivity index (χ1) is 16.7. The Morgan fingerprint density at radius 2 is 1.97 bits per heavy atom. The van der Waals surface area contributed by atoms with Gasteiger partial charge in [-0.2, -0.15) is 8.42 Å². The summed E-state index contributed by atoms with van der Waals surface area (Å²) < 4.78 is 36.2. The standard InChI is InChI=1S/C25H35N3O6S/c1-4-11-28(16-19-9-12-27(13-10-19)25(29)30)22-7-5-20-6-8-23(15-21(20)14-22)34-35(31,32)24-17(2)26-33-18(24)3/h6,8,15,19,22H,4-5,7,9-14,16H2,1-3H3,(H,29,30). The predicted octanol–water partition coefficient (Wildman–Crippen LogP) is 4.02. The quantitative estimate of drug-likeness (QED) is 0.535. The van der Waals surface area contributed by atoms with Crippen LogP contribution in [0.2, 0.25) is 0 Å². The van der Waals surface area contributed by atoms with Crippen molar-refractivity contribution in [1.82, 2.24) is 15.0 Å². The molecule has 1 N–H and O–H groups in total. The SMILES string of the molecule is CCCN(CC1CCN(C(=O)O)CC1)C1CCc2ccc(OS(=O)(=O)c3c(C)noc3C)cc2C1. The normalized spacial score (nSPS) is 19.1. The molecule has 10 heteroatoms. The van der Waals surface area contributed by atoms with E-state index in [2.05, 4.69) is 17.0 Å². The zero-order valence-corrected chi connectivity index (χ0v) is 21.5. The van der Waals surface area contributed by atoms with E-state index in [1.54, 1.807) is 19.9 Å². The maximum Gasteiger partial charge on any atom is 0.407 e. The third-order valence-corrected chi connectivity index (χ3v) is 8.70. The molecule has 0 bridgehead atoms. The monoisotopic (exact) mass is 505 g/mol. The first-order valence-electron chi connectivity index (χ1n) is 12.4. The average molecular weight is 506 g/mol. The molecule has 4 rings (SSSR count). The number of fused-ring (bicyclic) bond motifs is 1. The summed E-state index contributed by atoms with van der Waals surface area (Å²) >= 11 is 0. The number of benzene rings is 1. The maximum atomic E-state index is 12.8. The van der Waals surface area contributed by atoms with Crippen molar-refractivity contribution in [3.63, 3.8) is 0 Å². The molecule has 1 amide bonds. The number of piperidine rings is 1. The van der Waals surface area contributed by atoms with Crippen molar-refractivity contribution in [3.05, 3.63) is 40.8 Å². The number of aryl methyl sites for hydroxylation is 3. The molecule has 2 heterocycles. The number of amides is 1. The van der Waals surface area contributed by atoms with Gasteiger partial charge in [-0.3, -0.25) is 4.90 Å². The van der Waals surface area contributed by atoms with Crippen molar-refractivity contribution in [2.45, 2.75) is 70.2 Å².